The minimum atomic E-state index is -0.457. The Morgan fingerprint density at radius 3 is 2.85 bits per heavy atom. The molecule has 20 heavy (non-hydrogen) atoms. The third-order valence-corrected chi connectivity index (χ3v) is 3.57. The van der Waals surface area contributed by atoms with E-state index in [0.717, 1.165) is 31.2 Å². The van der Waals surface area contributed by atoms with Crippen LogP contribution in [0.25, 0.3) is 0 Å². The van der Waals surface area contributed by atoms with Crippen LogP contribution in [0.15, 0.2) is 18.2 Å². The van der Waals surface area contributed by atoms with Gasteiger partial charge < -0.3 is 15.2 Å². The SMILES string of the molecule is CNCc1cc([N+](=O)[O-])ccc1OC1CCCCC1O. The van der Waals surface area contributed by atoms with Crippen molar-refractivity contribution in [3.05, 3.63) is 33.9 Å². The minimum Gasteiger partial charge on any atom is -0.487 e. The number of nitrogens with one attached hydrogen (secondary N) is 1. The fraction of sp³-hybridized carbons (Fsp3) is 0.571. The Morgan fingerprint density at radius 1 is 1.45 bits per heavy atom. The number of ether oxygens (including phenoxy) is 1. The van der Waals surface area contributed by atoms with E-state index < -0.39 is 11.0 Å². The number of benzene rings is 1. The molecule has 1 fully saturated rings. The van der Waals surface area contributed by atoms with E-state index in [2.05, 4.69) is 5.32 Å². The Kier molecular flexibility index (Phi) is 4.92. The molecule has 6 heteroatoms. The molecule has 0 heterocycles. The highest BCUT2D eigenvalue weighted by atomic mass is 16.6. The standard InChI is InChI=1S/C14H20N2O4/c1-15-9-10-8-11(16(18)19)6-7-13(10)20-14-5-3-2-4-12(14)17/h6-8,12,14-15,17H,2-5,9H2,1H3. The van der Waals surface area contributed by atoms with E-state index in [1.54, 1.807) is 13.1 Å². The molecular weight excluding hydrogens is 260 g/mol. The molecule has 1 saturated carbocycles. The van der Waals surface area contributed by atoms with Crippen molar-refractivity contribution in [2.45, 2.75) is 44.4 Å². The fourth-order valence-corrected chi connectivity index (χ4v) is 2.50. The first-order valence-corrected chi connectivity index (χ1v) is 6.88. The number of nitro benzene ring substituents is 1. The molecule has 2 atom stereocenters. The van der Waals surface area contributed by atoms with Crippen LogP contribution in [0.4, 0.5) is 5.69 Å². The highest BCUT2D eigenvalue weighted by Gasteiger charge is 2.25. The van der Waals surface area contributed by atoms with Crippen LogP contribution in [0.3, 0.4) is 0 Å². The van der Waals surface area contributed by atoms with Crippen LogP contribution in [0.5, 0.6) is 5.75 Å². The maximum Gasteiger partial charge on any atom is 0.270 e. The lowest BCUT2D eigenvalue weighted by Crippen LogP contribution is -2.35. The summed E-state index contributed by atoms with van der Waals surface area (Å²) < 4.78 is 5.87. The van der Waals surface area contributed by atoms with Crippen molar-refractivity contribution < 1.29 is 14.8 Å². The molecule has 0 spiro atoms. The molecule has 1 aromatic rings. The van der Waals surface area contributed by atoms with Crippen LogP contribution in [0, 0.1) is 10.1 Å². The zero-order chi connectivity index (χ0) is 14.5. The molecule has 0 saturated heterocycles. The van der Waals surface area contributed by atoms with Crippen molar-refractivity contribution in [1.29, 1.82) is 0 Å². The van der Waals surface area contributed by atoms with E-state index >= 15 is 0 Å². The van der Waals surface area contributed by atoms with Crippen molar-refractivity contribution in [3.63, 3.8) is 0 Å². The summed E-state index contributed by atoms with van der Waals surface area (Å²) >= 11 is 0. The summed E-state index contributed by atoms with van der Waals surface area (Å²) in [5, 5.41) is 23.7. The molecule has 1 aliphatic carbocycles. The number of aliphatic hydroxyl groups is 1. The van der Waals surface area contributed by atoms with Gasteiger partial charge in [0.1, 0.15) is 11.9 Å². The summed E-state index contributed by atoms with van der Waals surface area (Å²) in [6.45, 7) is 0.486. The Hall–Kier alpha value is -1.66. The van der Waals surface area contributed by atoms with Crippen LogP contribution in [-0.4, -0.2) is 29.3 Å². The van der Waals surface area contributed by atoms with Crippen LogP contribution in [0.1, 0.15) is 31.2 Å². The first-order valence-electron chi connectivity index (χ1n) is 6.88. The van der Waals surface area contributed by atoms with Crippen molar-refractivity contribution >= 4 is 5.69 Å². The smallest absolute Gasteiger partial charge is 0.270 e. The largest absolute Gasteiger partial charge is 0.487 e. The first-order chi connectivity index (χ1) is 9.61. The number of nitro groups is 1. The molecule has 0 aliphatic heterocycles. The van der Waals surface area contributed by atoms with Gasteiger partial charge in [0.2, 0.25) is 0 Å². The van der Waals surface area contributed by atoms with Crippen LogP contribution < -0.4 is 10.1 Å². The number of rotatable bonds is 5. The van der Waals surface area contributed by atoms with Crippen molar-refractivity contribution in [1.82, 2.24) is 5.32 Å². The molecule has 0 bridgehead atoms. The number of hydrogen-bond acceptors (Lipinski definition) is 5. The lowest BCUT2D eigenvalue weighted by molar-refractivity contribution is -0.384. The minimum absolute atomic E-state index is 0.0480. The van der Waals surface area contributed by atoms with Crippen molar-refractivity contribution in [2.75, 3.05) is 7.05 Å². The third kappa shape index (κ3) is 3.46. The highest BCUT2D eigenvalue weighted by molar-refractivity contribution is 5.44. The molecule has 110 valence electrons. The topological polar surface area (TPSA) is 84.6 Å². The second-order valence-corrected chi connectivity index (χ2v) is 5.09. The van der Waals surface area contributed by atoms with Gasteiger partial charge in [0.15, 0.2) is 0 Å². The van der Waals surface area contributed by atoms with Gasteiger partial charge >= 0.3 is 0 Å². The number of nitrogens with zero attached hydrogens (tertiary/aromatic N) is 1. The van der Waals surface area contributed by atoms with E-state index in [4.69, 9.17) is 4.74 Å². The zero-order valence-electron chi connectivity index (χ0n) is 11.5. The Bertz CT molecular complexity index is 478. The average Bonchev–Trinajstić information content (AvgIpc) is 2.43. The summed E-state index contributed by atoms with van der Waals surface area (Å²) in [5.74, 6) is 0.607. The highest BCUT2D eigenvalue weighted by Crippen LogP contribution is 2.29. The predicted octanol–water partition coefficient (Wildman–Crippen LogP) is 2.00. The van der Waals surface area contributed by atoms with Gasteiger partial charge in [-0.25, -0.2) is 0 Å². The van der Waals surface area contributed by atoms with Gasteiger partial charge in [-0.15, -0.1) is 0 Å². The summed E-state index contributed by atoms with van der Waals surface area (Å²) in [6, 6.07) is 4.57. The molecule has 0 amide bonds. The lowest BCUT2D eigenvalue weighted by Gasteiger charge is -2.29. The second-order valence-electron chi connectivity index (χ2n) is 5.09. The molecule has 2 N–H and O–H groups in total. The van der Waals surface area contributed by atoms with Crippen LogP contribution in [0.2, 0.25) is 0 Å². The molecule has 0 aromatic heterocycles. The van der Waals surface area contributed by atoms with E-state index in [0.29, 0.717) is 12.3 Å². The van der Waals surface area contributed by atoms with Gasteiger partial charge in [0.25, 0.3) is 5.69 Å². The normalized spacial score (nSPS) is 22.5. The zero-order valence-corrected chi connectivity index (χ0v) is 11.5. The summed E-state index contributed by atoms with van der Waals surface area (Å²) in [7, 11) is 1.78. The van der Waals surface area contributed by atoms with Gasteiger partial charge in [0, 0.05) is 24.2 Å². The maximum atomic E-state index is 10.8. The molecule has 0 radical (unpaired) electrons. The number of aliphatic hydroxyl groups excluding tert-OH is 1. The third-order valence-electron chi connectivity index (χ3n) is 3.57. The fourth-order valence-electron chi connectivity index (χ4n) is 2.50. The van der Waals surface area contributed by atoms with E-state index in [1.807, 2.05) is 0 Å². The molecular formula is C14H20N2O4. The quantitative estimate of drug-likeness (QED) is 0.636. The van der Waals surface area contributed by atoms with E-state index in [1.165, 1.54) is 12.1 Å². The lowest BCUT2D eigenvalue weighted by atomic mass is 9.95. The van der Waals surface area contributed by atoms with Gasteiger partial charge in [0.05, 0.1) is 11.0 Å². The Balaban J connectivity index is 2.19. The average molecular weight is 280 g/mol. The predicted molar refractivity (Wildman–Crippen MR) is 74.8 cm³/mol. The molecule has 2 unspecified atom stereocenters. The monoisotopic (exact) mass is 280 g/mol. The van der Waals surface area contributed by atoms with E-state index in [9.17, 15) is 15.2 Å². The van der Waals surface area contributed by atoms with Crippen molar-refractivity contribution in [3.8, 4) is 5.75 Å². The Labute approximate surface area is 117 Å². The van der Waals surface area contributed by atoms with Crippen molar-refractivity contribution in [2.24, 2.45) is 0 Å². The van der Waals surface area contributed by atoms with Crippen LogP contribution >= 0.6 is 0 Å². The second kappa shape index (κ2) is 6.67. The van der Waals surface area contributed by atoms with Gasteiger partial charge in [-0.3, -0.25) is 10.1 Å². The number of non-ortho nitro benzene ring substituents is 1. The molecule has 1 aromatic carbocycles. The molecule has 2 rings (SSSR count). The first kappa shape index (κ1) is 14.7. The van der Waals surface area contributed by atoms with Gasteiger partial charge in [-0.1, -0.05) is 6.42 Å². The summed E-state index contributed by atoms with van der Waals surface area (Å²) in [6.07, 6.45) is 2.94. The van der Waals surface area contributed by atoms with Crippen LogP contribution in [-0.2, 0) is 6.54 Å². The van der Waals surface area contributed by atoms with Gasteiger partial charge in [-0.2, -0.15) is 0 Å². The summed E-state index contributed by atoms with van der Waals surface area (Å²) in [5.41, 5.74) is 0.784. The Morgan fingerprint density at radius 2 is 2.20 bits per heavy atom. The van der Waals surface area contributed by atoms with Gasteiger partial charge in [-0.05, 0) is 32.4 Å². The number of hydrogen-bond donors (Lipinski definition) is 2. The molecule has 1 aliphatic rings. The maximum absolute atomic E-state index is 10.8. The molecule has 6 nitrogen and oxygen atoms in total. The van der Waals surface area contributed by atoms with E-state index in [-0.39, 0.29) is 11.8 Å². The summed E-state index contributed by atoms with van der Waals surface area (Å²) in [4.78, 5) is 10.4.